The van der Waals surface area contributed by atoms with Crippen LogP contribution in [0.4, 0.5) is 4.79 Å². The molecule has 2 heterocycles. The fourth-order valence-corrected chi connectivity index (χ4v) is 1.66. The molecular formula is C12H19N3O3. The van der Waals surface area contributed by atoms with Gasteiger partial charge in [0, 0.05) is 25.2 Å². The first-order valence-corrected chi connectivity index (χ1v) is 6.05. The number of nitrogens with one attached hydrogen (secondary N) is 1. The number of rotatable bonds is 3. The van der Waals surface area contributed by atoms with Crippen molar-refractivity contribution in [2.24, 2.45) is 0 Å². The molecular weight excluding hydrogens is 234 g/mol. The fourth-order valence-electron chi connectivity index (χ4n) is 1.66. The maximum Gasteiger partial charge on any atom is 0.410 e. The average Bonchev–Trinajstić information content (AvgIpc) is 2.64. The van der Waals surface area contributed by atoms with Crippen LogP contribution in [0.2, 0.25) is 0 Å². The summed E-state index contributed by atoms with van der Waals surface area (Å²) in [5.74, 6) is 0.797. The minimum atomic E-state index is -0.435. The van der Waals surface area contributed by atoms with Crippen LogP contribution in [0, 0.1) is 0 Å². The first-order valence-electron chi connectivity index (χ1n) is 6.05. The highest BCUT2D eigenvalue weighted by atomic mass is 16.6. The third-order valence-corrected chi connectivity index (χ3v) is 2.59. The van der Waals surface area contributed by atoms with Gasteiger partial charge in [-0.1, -0.05) is 5.16 Å². The minimum Gasteiger partial charge on any atom is -0.444 e. The van der Waals surface area contributed by atoms with Gasteiger partial charge in [-0.2, -0.15) is 0 Å². The molecule has 0 aliphatic carbocycles. The molecule has 1 amide bonds. The van der Waals surface area contributed by atoms with Crippen LogP contribution in [-0.4, -0.2) is 40.9 Å². The van der Waals surface area contributed by atoms with Gasteiger partial charge in [-0.05, 0) is 20.8 Å². The maximum absolute atomic E-state index is 11.7. The van der Waals surface area contributed by atoms with Crippen LogP contribution < -0.4 is 5.32 Å². The zero-order chi connectivity index (χ0) is 13.2. The van der Waals surface area contributed by atoms with E-state index in [9.17, 15) is 4.79 Å². The van der Waals surface area contributed by atoms with Crippen molar-refractivity contribution in [3.8, 4) is 0 Å². The Labute approximate surface area is 106 Å². The number of aromatic nitrogens is 1. The summed E-state index contributed by atoms with van der Waals surface area (Å²) in [6, 6.07) is 2.11. The van der Waals surface area contributed by atoms with E-state index in [4.69, 9.17) is 9.26 Å². The van der Waals surface area contributed by atoms with Crippen molar-refractivity contribution in [2.45, 2.75) is 39.0 Å². The quantitative estimate of drug-likeness (QED) is 0.881. The van der Waals surface area contributed by atoms with Gasteiger partial charge in [0.15, 0.2) is 0 Å². The van der Waals surface area contributed by atoms with Crippen molar-refractivity contribution in [1.29, 1.82) is 0 Å². The van der Waals surface area contributed by atoms with E-state index in [-0.39, 0.29) is 6.09 Å². The number of carbonyl (C=O) groups is 1. The van der Waals surface area contributed by atoms with Gasteiger partial charge in [-0.3, -0.25) is 0 Å². The lowest BCUT2D eigenvalue weighted by molar-refractivity contribution is 0.00501. The molecule has 0 saturated carbocycles. The second-order valence-electron chi connectivity index (χ2n) is 5.44. The highest BCUT2D eigenvalue weighted by molar-refractivity contribution is 5.69. The van der Waals surface area contributed by atoms with Crippen molar-refractivity contribution >= 4 is 6.09 Å². The first-order chi connectivity index (χ1) is 8.44. The molecule has 1 aliphatic heterocycles. The van der Waals surface area contributed by atoms with E-state index in [1.165, 1.54) is 0 Å². The number of likely N-dealkylation sites (tertiary alicyclic amines) is 1. The summed E-state index contributed by atoms with van der Waals surface area (Å²) in [5.41, 5.74) is -0.435. The Kier molecular flexibility index (Phi) is 3.56. The molecule has 100 valence electrons. The topological polar surface area (TPSA) is 67.6 Å². The highest BCUT2D eigenvalue weighted by Crippen LogP contribution is 2.15. The van der Waals surface area contributed by atoms with Gasteiger partial charge >= 0.3 is 6.09 Å². The van der Waals surface area contributed by atoms with E-state index >= 15 is 0 Å². The lowest BCUT2D eigenvalue weighted by Gasteiger charge is -2.40. The molecule has 0 radical (unpaired) electrons. The molecule has 1 aromatic heterocycles. The summed E-state index contributed by atoms with van der Waals surface area (Å²) in [4.78, 5) is 13.4. The number of carbonyl (C=O) groups excluding carboxylic acids is 1. The number of nitrogens with zero attached hydrogens (tertiary/aromatic N) is 2. The predicted molar refractivity (Wildman–Crippen MR) is 64.9 cm³/mol. The highest BCUT2D eigenvalue weighted by Gasteiger charge is 2.33. The van der Waals surface area contributed by atoms with Crippen LogP contribution in [0.15, 0.2) is 16.8 Å². The van der Waals surface area contributed by atoms with E-state index in [1.807, 2.05) is 26.8 Å². The molecule has 6 heteroatoms. The Morgan fingerprint density at radius 2 is 2.33 bits per heavy atom. The standard InChI is InChI=1S/C12H19N3O3/c1-12(2,3)17-11(16)15-7-9(8-15)13-6-10-4-5-14-18-10/h4-5,9,13H,6-8H2,1-3H3. The van der Waals surface area contributed by atoms with Gasteiger partial charge in [0.1, 0.15) is 11.4 Å². The molecule has 18 heavy (non-hydrogen) atoms. The molecule has 2 rings (SSSR count). The zero-order valence-electron chi connectivity index (χ0n) is 11.0. The van der Waals surface area contributed by atoms with E-state index in [2.05, 4.69) is 10.5 Å². The molecule has 6 nitrogen and oxygen atoms in total. The zero-order valence-corrected chi connectivity index (χ0v) is 11.0. The van der Waals surface area contributed by atoms with Gasteiger partial charge in [0.25, 0.3) is 0 Å². The first kappa shape index (κ1) is 12.9. The lowest BCUT2D eigenvalue weighted by atomic mass is 10.1. The van der Waals surface area contributed by atoms with Crippen molar-refractivity contribution in [3.05, 3.63) is 18.0 Å². The normalized spacial score (nSPS) is 16.5. The van der Waals surface area contributed by atoms with Gasteiger partial charge in [0.05, 0.1) is 12.7 Å². The Balaban J connectivity index is 1.66. The number of hydrogen-bond acceptors (Lipinski definition) is 5. The summed E-state index contributed by atoms with van der Waals surface area (Å²) in [6.07, 6.45) is 1.37. The van der Waals surface area contributed by atoms with Gasteiger partial charge < -0.3 is 19.5 Å². The summed E-state index contributed by atoms with van der Waals surface area (Å²) >= 11 is 0. The molecule has 0 spiro atoms. The fraction of sp³-hybridized carbons (Fsp3) is 0.667. The largest absolute Gasteiger partial charge is 0.444 e. The minimum absolute atomic E-state index is 0.250. The van der Waals surface area contributed by atoms with Crippen molar-refractivity contribution in [1.82, 2.24) is 15.4 Å². The van der Waals surface area contributed by atoms with Gasteiger partial charge in [-0.25, -0.2) is 4.79 Å². The van der Waals surface area contributed by atoms with Crippen LogP contribution >= 0.6 is 0 Å². The molecule has 0 bridgehead atoms. The third kappa shape index (κ3) is 3.46. The second-order valence-corrected chi connectivity index (χ2v) is 5.44. The SMILES string of the molecule is CC(C)(C)OC(=O)N1CC(NCc2ccno2)C1. The Morgan fingerprint density at radius 3 is 2.89 bits per heavy atom. The monoisotopic (exact) mass is 253 g/mol. The van der Waals surface area contributed by atoms with Crippen LogP contribution in [0.3, 0.4) is 0 Å². The van der Waals surface area contributed by atoms with Crippen molar-refractivity contribution < 1.29 is 14.1 Å². The van der Waals surface area contributed by atoms with Gasteiger partial charge in [-0.15, -0.1) is 0 Å². The van der Waals surface area contributed by atoms with Gasteiger partial charge in [0.2, 0.25) is 0 Å². The van der Waals surface area contributed by atoms with Crippen LogP contribution in [-0.2, 0) is 11.3 Å². The second kappa shape index (κ2) is 4.97. The molecule has 1 saturated heterocycles. The summed E-state index contributed by atoms with van der Waals surface area (Å²) in [5, 5.41) is 6.91. The van der Waals surface area contributed by atoms with Crippen molar-refractivity contribution in [2.75, 3.05) is 13.1 Å². The molecule has 1 fully saturated rings. The summed E-state index contributed by atoms with van der Waals surface area (Å²) in [6.45, 7) is 7.57. The average molecular weight is 253 g/mol. The third-order valence-electron chi connectivity index (χ3n) is 2.59. The summed E-state index contributed by atoms with van der Waals surface area (Å²) < 4.78 is 10.2. The summed E-state index contributed by atoms with van der Waals surface area (Å²) in [7, 11) is 0. The van der Waals surface area contributed by atoms with E-state index in [0.29, 0.717) is 25.7 Å². The Hall–Kier alpha value is -1.56. The molecule has 1 N–H and O–H groups in total. The number of hydrogen-bond donors (Lipinski definition) is 1. The van der Waals surface area contributed by atoms with Crippen LogP contribution in [0.5, 0.6) is 0 Å². The molecule has 0 aromatic carbocycles. The lowest BCUT2D eigenvalue weighted by Crippen LogP contribution is -2.60. The Morgan fingerprint density at radius 1 is 1.61 bits per heavy atom. The smallest absolute Gasteiger partial charge is 0.410 e. The molecule has 0 unspecified atom stereocenters. The Bertz CT molecular complexity index is 391. The molecule has 0 atom stereocenters. The van der Waals surface area contributed by atoms with Crippen LogP contribution in [0.1, 0.15) is 26.5 Å². The molecule has 1 aliphatic rings. The van der Waals surface area contributed by atoms with E-state index in [1.54, 1.807) is 11.1 Å². The van der Waals surface area contributed by atoms with E-state index < -0.39 is 5.60 Å². The number of ether oxygens (including phenoxy) is 1. The maximum atomic E-state index is 11.7. The predicted octanol–water partition coefficient (Wildman–Crippen LogP) is 1.38. The van der Waals surface area contributed by atoms with Crippen molar-refractivity contribution in [3.63, 3.8) is 0 Å². The van der Waals surface area contributed by atoms with Crippen LogP contribution in [0.25, 0.3) is 0 Å². The van der Waals surface area contributed by atoms with E-state index in [0.717, 1.165) is 5.76 Å². The molecule has 1 aromatic rings. The number of amides is 1.